The van der Waals surface area contributed by atoms with E-state index in [1.807, 2.05) is 6.92 Å². The lowest BCUT2D eigenvalue weighted by atomic mass is 10.1. The van der Waals surface area contributed by atoms with Crippen molar-refractivity contribution < 1.29 is 28.5 Å². The second-order valence-corrected chi connectivity index (χ2v) is 4.87. The summed E-state index contributed by atoms with van der Waals surface area (Å²) < 4.78 is 19.2. The molecular formula is C14H28O6. The summed E-state index contributed by atoms with van der Waals surface area (Å²) in [6.45, 7) is 11.3. The predicted molar refractivity (Wildman–Crippen MR) is 75.4 cm³/mol. The van der Waals surface area contributed by atoms with E-state index in [9.17, 15) is 9.59 Å². The lowest BCUT2D eigenvalue weighted by molar-refractivity contribution is -0.167. The second-order valence-electron chi connectivity index (χ2n) is 4.87. The van der Waals surface area contributed by atoms with Gasteiger partial charge in [0.15, 0.2) is 11.2 Å². The molecule has 0 heterocycles. The van der Waals surface area contributed by atoms with Gasteiger partial charge in [-0.25, -0.2) is 9.59 Å². The molecule has 0 saturated carbocycles. The highest BCUT2D eigenvalue weighted by Gasteiger charge is 2.29. The molecule has 20 heavy (non-hydrogen) atoms. The van der Waals surface area contributed by atoms with Crippen LogP contribution in [0.5, 0.6) is 0 Å². The van der Waals surface area contributed by atoms with Gasteiger partial charge in [-0.2, -0.15) is 0 Å². The van der Waals surface area contributed by atoms with Gasteiger partial charge in [0.2, 0.25) is 0 Å². The summed E-state index contributed by atoms with van der Waals surface area (Å²) in [6.07, 6.45) is 0. The van der Waals surface area contributed by atoms with Crippen LogP contribution in [0.3, 0.4) is 0 Å². The average Bonchev–Trinajstić information content (AvgIpc) is 2.38. The first kappa shape index (κ1) is 21.2. The molecule has 0 spiro atoms. The zero-order valence-corrected chi connectivity index (χ0v) is 13.9. The summed E-state index contributed by atoms with van der Waals surface area (Å²) in [5.41, 5.74) is -1.61. The Labute approximate surface area is 121 Å². The Hall–Kier alpha value is -1.14. The van der Waals surface area contributed by atoms with Crippen molar-refractivity contribution in [2.75, 3.05) is 27.4 Å². The third-order valence-electron chi connectivity index (χ3n) is 2.46. The number of ether oxygens (including phenoxy) is 4. The molecule has 0 radical (unpaired) electrons. The lowest BCUT2D eigenvalue weighted by Gasteiger charge is -2.21. The fourth-order valence-electron chi connectivity index (χ4n) is 1.05. The van der Waals surface area contributed by atoms with Crippen LogP contribution in [0.15, 0.2) is 0 Å². The molecule has 0 unspecified atom stereocenters. The Bertz CT molecular complexity index is 296. The number of methoxy groups -OCH3 is 2. The minimum Gasteiger partial charge on any atom is -0.467 e. The monoisotopic (exact) mass is 292 g/mol. The number of carbonyl (C=O) groups is 2. The van der Waals surface area contributed by atoms with Crippen molar-refractivity contribution in [1.82, 2.24) is 0 Å². The summed E-state index contributed by atoms with van der Waals surface area (Å²) in [5, 5.41) is 0. The van der Waals surface area contributed by atoms with E-state index in [2.05, 4.69) is 4.74 Å². The maximum atomic E-state index is 11.1. The maximum Gasteiger partial charge on any atom is 0.337 e. The first-order chi connectivity index (χ1) is 9.08. The molecule has 0 aromatic heterocycles. The molecule has 6 nitrogen and oxygen atoms in total. The molecule has 0 amide bonds. The van der Waals surface area contributed by atoms with Crippen molar-refractivity contribution >= 4 is 11.9 Å². The Balaban J connectivity index is 0. The number of hydrogen-bond acceptors (Lipinski definition) is 6. The quantitative estimate of drug-likeness (QED) is 0.697. The van der Waals surface area contributed by atoms with Crippen molar-refractivity contribution in [2.45, 2.75) is 52.7 Å². The zero-order chi connectivity index (χ0) is 16.4. The van der Waals surface area contributed by atoms with Gasteiger partial charge in [-0.15, -0.1) is 0 Å². The summed E-state index contributed by atoms with van der Waals surface area (Å²) in [7, 11) is 2.81. The first-order valence-corrected chi connectivity index (χ1v) is 6.53. The predicted octanol–water partition coefficient (Wildman–Crippen LogP) is 1.95. The normalized spacial score (nSPS) is 11.2. The van der Waals surface area contributed by atoms with Crippen LogP contribution in [0.1, 0.15) is 41.5 Å². The number of hydrogen-bond donors (Lipinski definition) is 0. The first-order valence-electron chi connectivity index (χ1n) is 6.53. The van der Waals surface area contributed by atoms with E-state index in [0.29, 0.717) is 13.2 Å². The highest BCUT2D eigenvalue weighted by atomic mass is 16.6. The molecule has 0 saturated heterocycles. The van der Waals surface area contributed by atoms with E-state index in [1.54, 1.807) is 34.6 Å². The van der Waals surface area contributed by atoms with Crippen LogP contribution in [-0.2, 0) is 28.5 Å². The Morgan fingerprint density at radius 2 is 1.35 bits per heavy atom. The molecule has 0 rings (SSSR count). The van der Waals surface area contributed by atoms with E-state index in [-0.39, 0.29) is 11.9 Å². The Morgan fingerprint density at radius 1 is 0.850 bits per heavy atom. The van der Waals surface area contributed by atoms with E-state index in [1.165, 1.54) is 14.2 Å². The van der Waals surface area contributed by atoms with Crippen molar-refractivity contribution in [3.05, 3.63) is 0 Å². The minimum atomic E-state index is -0.811. The van der Waals surface area contributed by atoms with Crippen LogP contribution < -0.4 is 0 Å². The van der Waals surface area contributed by atoms with Crippen molar-refractivity contribution in [3.63, 3.8) is 0 Å². The van der Waals surface area contributed by atoms with Crippen LogP contribution in [0.4, 0.5) is 0 Å². The van der Waals surface area contributed by atoms with Gasteiger partial charge in [0.05, 0.1) is 13.7 Å². The van der Waals surface area contributed by atoms with Crippen LogP contribution in [-0.4, -0.2) is 50.6 Å². The molecular weight excluding hydrogens is 264 g/mol. The molecule has 0 aliphatic heterocycles. The fraction of sp³-hybridized carbons (Fsp3) is 0.857. The fourth-order valence-corrected chi connectivity index (χ4v) is 1.05. The van der Waals surface area contributed by atoms with Crippen LogP contribution in [0.2, 0.25) is 0 Å². The SMILES string of the molecule is CCOC(=O)C(C)(C)OCC.COC(=O)C(C)(C)OC. The molecule has 0 bridgehead atoms. The average molecular weight is 292 g/mol. The summed E-state index contributed by atoms with van der Waals surface area (Å²) in [4.78, 5) is 21.8. The van der Waals surface area contributed by atoms with Gasteiger partial charge in [0.25, 0.3) is 0 Å². The van der Waals surface area contributed by atoms with Crippen molar-refractivity contribution in [3.8, 4) is 0 Å². The molecule has 6 heteroatoms. The minimum absolute atomic E-state index is 0.304. The Morgan fingerprint density at radius 3 is 1.60 bits per heavy atom. The second kappa shape index (κ2) is 9.72. The van der Waals surface area contributed by atoms with Gasteiger partial charge in [-0.1, -0.05) is 0 Å². The van der Waals surface area contributed by atoms with Crippen molar-refractivity contribution in [1.29, 1.82) is 0 Å². The van der Waals surface area contributed by atoms with Gasteiger partial charge in [-0.3, -0.25) is 0 Å². The highest BCUT2D eigenvalue weighted by molar-refractivity contribution is 5.78. The smallest absolute Gasteiger partial charge is 0.337 e. The van der Waals surface area contributed by atoms with Gasteiger partial charge in [0, 0.05) is 13.7 Å². The number of carbonyl (C=O) groups excluding carboxylic acids is 2. The van der Waals surface area contributed by atoms with Gasteiger partial charge in [-0.05, 0) is 41.5 Å². The van der Waals surface area contributed by atoms with E-state index in [4.69, 9.17) is 14.2 Å². The number of esters is 2. The van der Waals surface area contributed by atoms with E-state index >= 15 is 0 Å². The van der Waals surface area contributed by atoms with E-state index < -0.39 is 11.2 Å². The summed E-state index contributed by atoms with van der Waals surface area (Å²) in [5.74, 6) is -0.660. The van der Waals surface area contributed by atoms with Gasteiger partial charge >= 0.3 is 11.9 Å². The maximum absolute atomic E-state index is 11.1. The van der Waals surface area contributed by atoms with Crippen LogP contribution in [0.25, 0.3) is 0 Å². The standard InChI is InChI=1S/C8H16O3.C6H12O3/c1-5-10-7(9)8(3,4)11-6-2;1-6(2,9-4)5(7)8-3/h5-6H2,1-4H3;1-4H3. The molecule has 0 N–H and O–H groups in total. The topological polar surface area (TPSA) is 71.1 Å². The summed E-state index contributed by atoms with van der Waals surface area (Å²) in [6, 6.07) is 0. The van der Waals surface area contributed by atoms with Gasteiger partial charge < -0.3 is 18.9 Å². The zero-order valence-electron chi connectivity index (χ0n) is 13.9. The third-order valence-corrected chi connectivity index (χ3v) is 2.46. The van der Waals surface area contributed by atoms with Gasteiger partial charge in [0.1, 0.15) is 0 Å². The van der Waals surface area contributed by atoms with E-state index in [0.717, 1.165) is 0 Å². The third kappa shape index (κ3) is 8.12. The molecule has 0 atom stereocenters. The summed E-state index contributed by atoms with van der Waals surface area (Å²) >= 11 is 0. The molecule has 0 aromatic carbocycles. The molecule has 0 aliphatic rings. The highest BCUT2D eigenvalue weighted by Crippen LogP contribution is 2.10. The van der Waals surface area contributed by atoms with Crippen LogP contribution in [0, 0.1) is 0 Å². The lowest BCUT2D eigenvalue weighted by Crippen LogP contribution is -2.36. The number of rotatable bonds is 6. The largest absolute Gasteiger partial charge is 0.467 e. The molecule has 120 valence electrons. The molecule has 0 fully saturated rings. The van der Waals surface area contributed by atoms with Crippen LogP contribution >= 0.6 is 0 Å². The van der Waals surface area contributed by atoms with Crippen molar-refractivity contribution in [2.24, 2.45) is 0 Å². The molecule has 0 aromatic rings. The Kier molecular flexibility index (Phi) is 10.3. The molecule has 0 aliphatic carbocycles.